The van der Waals surface area contributed by atoms with E-state index < -0.39 is 28.8 Å². The van der Waals surface area contributed by atoms with Gasteiger partial charge in [0.2, 0.25) is 0 Å². The van der Waals surface area contributed by atoms with Gasteiger partial charge in [-0.15, -0.1) is 0 Å². The molecular weight excluding hydrogens is 665 g/mol. The van der Waals surface area contributed by atoms with Crippen molar-refractivity contribution >= 4 is 17.7 Å². The highest BCUT2D eigenvalue weighted by Gasteiger charge is 2.71. The van der Waals surface area contributed by atoms with Crippen LogP contribution in [0, 0.1) is 68.0 Å². The molecule has 6 aliphatic carbocycles. The van der Waals surface area contributed by atoms with E-state index in [4.69, 9.17) is 4.74 Å². The van der Waals surface area contributed by atoms with Crippen molar-refractivity contribution in [2.24, 2.45) is 68.0 Å². The third-order valence-corrected chi connectivity index (χ3v) is 17.6. The standard InChI is InChI=1S/C45H66N2O6/c1-26(2)36-31(48)23-45(34(49)25-47-24-27-14-20-46-21-15-27)19-18-43(8)28(37(36)45)10-11-33-42(7)16-13-35(41(5,6)32(42)12-17-44(33,43)9)53-39(52)30-22-29(38(50)51)40(30,3)4/h14-15,20-21,26,28-30,32-35,47,49H,10-13,16-19,22-25H2,1-9H3,(H,50,51)/t28-,29+,30-,32+,33-,34+,35+,42+,43-,44-,45+/m1/s1. The molecular formula is C45H66N2O6. The van der Waals surface area contributed by atoms with Crippen LogP contribution >= 0.6 is 0 Å². The van der Waals surface area contributed by atoms with Crippen LogP contribution in [0.1, 0.15) is 132 Å². The lowest BCUT2D eigenvalue weighted by molar-refractivity contribution is -0.238. The summed E-state index contributed by atoms with van der Waals surface area (Å²) in [6.45, 7) is 21.5. The molecule has 3 N–H and O–H groups in total. The summed E-state index contributed by atoms with van der Waals surface area (Å²) < 4.78 is 6.41. The average Bonchev–Trinajstić information content (AvgIpc) is 3.39. The predicted octanol–water partition coefficient (Wildman–Crippen LogP) is 8.17. The van der Waals surface area contributed by atoms with E-state index >= 15 is 0 Å². The van der Waals surface area contributed by atoms with Crippen LogP contribution in [-0.2, 0) is 25.7 Å². The van der Waals surface area contributed by atoms with Gasteiger partial charge in [0.1, 0.15) is 6.10 Å². The number of rotatable bonds is 9. The topological polar surface area (TPSA) is 126 Å². The molecule has 5 fully saturated rings. The lowest BCUT2D eigenvalue weighted by Gasteiger charge is -2.72. The molecule has 0 aromatic carbocycles. The maximum Gasteiger partial charge on any atom is 0.309 e. The van der Waals surface area contributed by atoms with E-state index in [2.05, 4.69) is 58.8 Å². The van der Waals surface area contributed by atoms with Crippen molar-refractivity contribution in [1.82, 2.24) is 10.3 Å². The smallest absolute Gasteiger partial charge is 0.309 e. The number of carbonyl (C=O) groups excluding carboxylic acids is 2. The number of aliphatic hydroxyl groups excluding tert-OH is 1. The Balaban J connectivity index is 1.13. The van der Waals surface area contributed by atoms with E-state index in [1.54, 1.807) is 12.4 Å². The fourth-order valence-electron chi connectivity index (χ4n) is 14.3. The molecule has 8 nitrogen and oxygen atoms in total. The molecule has 0 saturated heterocycles. The number of nitrogens with zero attached hydrogens (tertiary/aromatic N) is 1. The number of esters is 1. The molecule has 1 aromatic heterocycles. The second kappa shape index (κ2) is 13.0. The first-order valence-corrected chi connectivity index (χ1v) is 20.7. The number of pyridine rings is 1. The van der Waals surface area contributed by atoms with E-state index in [1.165, 1.54) is 5.57 Å². The number of ketones is 1. The molecule has 53 heavy (non-hydrogen) atoms. The van der Waals surface area contributed by atoms with Gasteiger partial charge in [-0.25, -0.2) is 0 Å². The van der Waals surface area contributed by atoms with E-state index in [1.807, 2.05) is 26.0 Å². The van der Waals surface area contributed by atoms with Gasteiger partial charge < -0.3 is 20.3 Å². The number of ether oxygens (including phenoxy) is 1. The number of nitrogens with one attached hydrogen (secondary N) is 1. The van der Waals surface area contributed by atoms with Gasteiger partial charge in [-0.1, -0.05) is 67.9 Å². The Morgan fingerprint density at radius 3 is 2.23 bits per heavy atom. The number of allylic oxidation sites excluding steroid dienone is 1. The van der Waals surface area contributed by atoms with Gasteiger partial charge in [0.05, 0.1) is 17.9 Å². The normalized spacial score (nSPS) is 41.8. The largest absolute Gasteiger partial charge is 0.481 e. The Labute approximate surface area is 317 Å². The summed E-state index contributed by atoms with van der Waals surface area (Å²) in [6.07, 6.45) is 11.5. The highest BCUT2D eigenvalue weighted by Crippen LogP contribution is 2.77. The van der Waals surface area contributed by atoms with Crippen molar-refractivity contribution in [3.05, 3.63) is 41.2 Å². The van der Waals surface area contributed by atoms with Crippen LogP contribution in [0.5, 0.6) is 0 Å². The van der Waals surface area contributed by atoms with E-state index in [0.717, 1.165) is 62.5 Å². The van der Waals surface area contributed by atoms with Crippen LogP contribution in [0.25, 0.3) is 0 Å². The second-order valence-electron chi connectivity index (χ2n) is 20.6. The van der Waals surface area contributed by atoms with E-state index in [-0.39, 0.29) is 57.3 Å². The monoisotopic (exact) mass is 730 g/mol. The first-order chi connectivity index (χ1) is 24.8. The molecule has 0 radical (unpaired) electrons. The second-order valence-corrected chi connectivity index (χ2v) is 20.6. The predicted molar refractivity (Wildman–Crippen MR) is 204 cm³/mol. The van der Waals surface area contributed by atoms with Crippen molar-refractivity contribution in [3.8, 4) is 0 Å². The van der Waals surface area contributed by atoms with E-state index in [9.17, 15) is 24.6 Å². The zero-order valence-electron chi connectivity index (χ0n) is 33.9. The maximum atomic E-state index is 14.0. The summed E-state index contributed by atoms with van der Waals surface area (Å²) >= 11 is 0. The summed E-state index contributed by atoms with van der Waals surface area (Å²) in [5.41, 5.74) is 2.27. The van der Waals surface area contributed by atoms with Crippen molar-refractivity contribution in [2.75, 3.05) is 6.54 Å². The summed E-state index contributed by atoms with van der Waals surface area (Å²) in [7, 11) is 0. The molecule has 0 bridgehead atoms. The Kier molecular flexibility index (Phi) is 9.49. The number of aliphatic hydroxyl groups is 1. The summed E-state index contributed by atoms with van der Waals surface area (Å²) in [5, 5.41) is 25.3. The van der Waals surface area contributed by atoms with E-state index in [0.29, 0.717) is 37.8 Å². The Hall–Kier alpha value is -2.58. The number of aliphatic carboxylic acids is 1. The third kappa shape index (κ3) is 5.56. The lowest BCUT2D eigenvalue weighted by atomic mass is 9.33. The molecule has 5 saturated carbocycles. The molecule has 0 aliphatic heterocycles. The van der Waals surface area contributed by atoms with Gasteiger partial charge in [0.25, 0.3) is 0 Å². The number of hydrogen-bond acceptors (Lipinski definition) is 7. The molecule has 292 valence electrons. The number of aromatic nitrogens is 1. The molecule has 7 rings (SSSR count). The fraction of sp³-hybridized carbons (Fsp3) is 0.778. The highest BCUT2D eigenvalue weighted by molar-refractivity contribution is 6.00. The zero-order valence-corrected chi connectivity index (χ0v) is 33.9. The Morgan fingerprint density at radius 1 is 0.887 bits per heavy atom. The molecule has 1 aromatic rings. The number of carboxylic acid groups (broad SMARTS) is 1. The number of carboxylic acids is 1. The zero-order chi connectivity index (χ0) is 38.5. The first kappa shape index (κ1) is 38.7. The van der Waals surface area contributed by atoms with Gasteiger partial charge >= 0.3 is 11.9 Å². The third-order valence-electron chi connectivity index (χ3n) is 17.6. The SMILES string of the molecule is CC(C)C1=C2[C@H]3CC[C@@H]4[C@@]5(C)CC[C@H](OC(=O)[C@H]6C[C@@H](C(=O)O)C6(C)C)C(C)(C)[C@@H]5CC[C@@]4(C)[C@]3(C)CC[C@@]2([C@@H](O)CNCc2ccncc2)CC1=O. The van der Waals surface area contributed by atoms with Crippen molar-refractivity contribution in [2.45, 2.75) is 145 Å². The first-order valence-electron chi connectivity index (χ1n) is 20.7. The number of hydrogen-bond donors (Lipinski definition) is 3. The highest BCUT2D eigenvalue weighted by atomic mass is 16.5. The average molecular weight is 731 g/mol. The quantitative estimate of drug-likeness (QED) is 0.217. The van der Waals surface area contributed by atoms with Gasteiger partial charge in [0, 0.05) is 42.7 Å². The maximum absolute atomic E-state index is 14.0. The fourth-order valence-corrected chi connectivity index (χ4v) is 14.3. The molecule has 1 heterocycles. The van der Waals surface area contributed by atoms with Crippen molar-refractivity contribution in [1.29, 1.82) is 0 Å². The Bertz CT molecular complexity index is 1670. The molecule has 0 amide bonds. The molecule has 0 spiro atoms. The molecule has 11 atom stereocenters. The van der Waals surface area contributed by atoms with Crippen LogP contribution in [0.15, 0.2) is 35.7 Å². The lowest BCUT2D eigenvalue weighted by Crippen LogP contribution is -2.66. The van der Waals surface area contributed by atoms with Crippen LogP contribution in [0.3, 0.4) is 0 Å². The molecule has 8 heteroatoms. The minimum Gasteiger partial charge on any atom is -0.481 e. The number of Topliss-reactive ketones (excluding diaryl/α,β-unsaturated/α-hetero) is 1. The van der Waals surface area contributed by atoms with Crippen molar-refractivity contribution in [3.63, 3.8) is 0 Å². The summed E-state index contributed by atoms with van der Waals surface area (Å²) in [5.74, 6) is -0.391. The molecule has 6 aliphatic rings. The molecule has 0 unspecified atom stereocenters. The Morgan fingerprint density at radius 2 is 1.58 bits per heavy atom. The van der Waals surface area contributed by atoms with Gasteiger partial charge in [0.15, 0.2) is 5.78 Å². The van der Waals surface area contributed by atoms with Gasteiger partial charge in [-0.05, 0) is 126 Å². The van der Waals surface area contributed by atoms with Crippen LogP contribution in [0.2, 0.25) is 0 Å². The summed E-state index contributed by atoms with van der Waals surface area (Å²) in [4.78, 5) is 43.5. The summed E-state index contributed by atoms with van der Waals surface area (Å²) in [6, 6.07) is 3.99. The van der Waals surface area contributed by atoms with Crippen LogP contribution in [-0.4, -0.2) is 51.7 Å². The number of fused-ring (bicyclic) bond motifs is 7. The van der Waals surface area contributed by atoms with Crippen LogP contribution < -0.4 is 5.32 Å². The number of carbonyl (C=O) groups is 3. The van der Waals surface area contributed by atoms with Gasteiger partial charge in [-0.2, -0.15) is 0 Å². The van der Waals surface area contributed by atoms with Crippen molar-refractivity contribution < 1.29 is 29.3 Å². The minimum atomic E-state index is -0.827. The van der Waals surface area contributed by atoms with Crippen LogP contribution in [0.4, 0.5) is 0 Å². The minimum absolute atomic E-state index is 0.00161. The van der Waals surface area contributed by atoms with Gasteiger partial charge in [-0.3, -0.25) is 19.4 Å².